The third-order valence-corrected chi connectivity index (χ3v) is 5.25. The van der Waals surface area contributed by atoms with Gasteiger partial charge in [0, 0.05) is 18.0 Å². The molecule has 0 unspecified atom stereocenters. The number of carbonyl (C=O) groups excluding carboxylic acids is 2. The van der Waals surface area contributed by atoms with Crippen LogP contribution in [0.1, 0.15) is 27.9 Å². The zero-order valence-corrected chi connectivity index (χ0v) is 17.4. The molecule has 0 aliphatic rings. The van der Waals surface area contributed by atoms with Crippen molar-refractivity contribution >= 4 is 33.6 Å². The number of nitrogens with one attached hydrogen (secondary N) is 1. The Morgan fingerprint density at radius 2 is 1.74 bits per heavy atom. The highest BCUT2D eigenvalue weighted by Crippen LogP contribution is 2.27. The Morgan fingerprint density at radius 3 is 2.58 bits per heavy atom. The first-order chi connectivity index (χ1) is 15.1. The SMILES string of the molecule is Cc1ccc(CCC(=O)NCCOC(=O)c2cc3ccccc3c3cccnc23)cc1. The Labute approximate surface area is 181 Å². The standard InChI is InChI=1S/C26H24N2O3/c1-18-8-10-19(11-9-18)12-13-24(29)27-15-16-31-26(30)23-17-20-5-2-3-6-21(20)22-7-4-14-28-25(22)23/h2-11,14,17H,12-13,15-16H2,1H3,(H,27,29). The highest BCUT2D eigenvalue weighted by atomic mass is 16.5. The van der Waals surface area contributed by atoms with Crippen LogP contribution in [0.3, 0.4) is 0 Å². The number of rotatable bonds is 7. The predicted molar refractivity (Wildman–Crippen MR) is 122 cm³/mol. The molecule has 1 amide bonds. The smallest absolute Gasteiger partial charge is 0.340 e. The number of nitrogens with zero attached hydrogens (tertiary/aromatic N) is 1. The van der Waals surface area contributed by atoms with Crippen molar-refractivity contribution in [2.75, 3.05) is 13.2 Å². The molecular weight excluding hydrogens is 388 g/mol. The molecule has 5 heteroatoms. The van der Waals surface area contributed by atoms with Crippen LogP contribution in [0.25, 0.3) is 21.7 Å². The van der Waals surface area contributed by atoms with Gasteiger partial charge < -0.3 is 10.1 Å². The normalized spacial score (nSPS) is 10.9. The molecular formula is C26H24N2O3. The van der Waals surface area contributed by atoms with E-state index in [1.807, 2.05) is 73.7 Å². The maximum Gasteiger partial charge on any atom is 0.340 e. The van der Waals surface area contributed by atoms with Crippen molar-refractivity contribution in [2.45, 2.75) is 19.8 Å². The van der Waals surface area contributed by atoms with Gasteiger partial charge in [-0.05, 0) is 41.8 Å². The summed E-state index contributed by atoms with van der Waals surface area (Å²) in [5, 5.41) is 5.72. The molecule has 3 aromatic carbocycles. The summed E-state index contributed by atoms with van der Waals surface area (Å²) >= 11 is 0. The van der Waals surface area contributed by atoms with Gasteiger partial charge in [0.1, 0.15) is 6.61 Å². The van der Waals surface area contributed by atoms with Gasteiger partial charge in [0.05, 0.1) is 17.6 Å². The largest absolute Gasteiger partial charge is 0.460 e. The van der Waals surface area contributed by atoms with Crippen molar-refractivity contribution in [2.24, 2.45) is 0 Å². The molecule has 0 radical (unpaired) electrons. The van der Waals surface area contributed by atoms with Gasteiger partial charge in [-0.25, -0.2) is 4.79 Å². The maximum atomic E-state index is 12.7. The van der Waals surface area contributed by atoms with E-state index in [4.69, 9.17) is 4.74 Å². The van der Waals surface area contributed by atoms with Gasteiger partial charge in [0.15, 0.2) is 0 Å². The number of fused-ring (bicyclic) bond motifs is 3. The Kier molecular flexibility index (Phi) is 6.22. The molecule has 1 aromatic heterocycles. The Bertz CT molecular complexity index is 1230. The minimum absolute atomic E-state index is 0.0607. The zero-order chi connectivity index (χ0) is 21.6. The summed E-state index contributed by atoms with van der Waals surface area (Å²) in [6.45, 7) is 2.42. The van der Waals surface area contributed by atoms with E-state index in [1.165, 1.54) is 5.56 Å². The molecule has 0 aliphatic carbocycles. The molecule has 5 nitrogen and oxygen atoms in total. The highest BCUT2D eigenvalue weighted by Gasteiger charge is 2.15. The van der Waals surface area contributed by atoms with E-state index in [0.717, 1.165) is 21.7 Å². The molecule has 31 heavy (non-hydrogen) atoms. The summed E-state index contributed by atoms with van der Waals surface area (Å²) in [5.74, 6) is -0.502. The van der Waals surface area contributed by atoms with Gasteiger partial charge in [-0.15, -0.1) is 0 Å². The lowest BCUT2D eigenvalue weighted by atomic mass is 10.0. The molecule has 0 saturated heterocycles. The van der Waals surface area contributed by atoms with Crippen LogP contribution in [0.5, 0.6) is 0 Å². The number of amides is 1. The molecule has 4 rings (SSSR count). The highest BCUT2D eigenvalue weighted by molar-refractivity contribution is 6.14. The third-order valence-electron chi connectivity index (χ3n) is 5.25. The molecule has 4 aromatic rings. The second-order valence-electron chi connectivity index (χ2n) is 7.52. The first-order valence-corrected chi connectivity index (χ1v) is 10.4. The van der Waals surface area contributed by atoms with Crippen LogP contribution in [0.15, 0.2) is 72.9 Å². The van der Waals surface area contributed by atoms with Gasteiger partial charge in [-0.1, -0.05) is 60.2 Å². The Hall–Kier alpha value is -3.73. The fourth-order valence-electron chi connectivity index (χ4n) is 3.60. The van der Waals surface area contributed by atoms with Gasteiger partial charge in [-0.3, -0.25) is 9.78 Å². The first kappa shape index (κ1) is 20.5. The molecule has 1 N–H and O–H groups in total. The van der Waals surface area contributed by atoms with Crippen LogP contribution in [-0.4, -0.2) is 30.0 Å². The maximum absolute atomic E-state index is 12.7. The van der Waals surface area contributed by atoms with E-state index in [1.54, 1.807) is 6.20 Å². The Morgan fingerprint density at radius 1 is 0.968 bits per heavy atom. The Balaban J connectivity index is 1.33. The van der Waals surface area contributed by atoms with Crippen molar-refractivity contribution in [1.29, 1.82) is 0 Å². The number of pyridine rings is 1. The summed E-state index contributed by atoms with van der Waals surface area (Å²) in [6.07, 6.45) is 2.75. The summed E-state index contributed by atoms with van der Waals surface area (Å²) in [5.41, 5.74) is 3.38. The fourth-order valence-corrected chi connectivity index (χ4v) is 3.60. The summed E-state index contributed by atoms with van der Waals surface area (Å²) in [7, 11) is 0. The molecule has 156 valence electrons. The lowest BCUT2D eigenvalue weighted by Crippen LogP contribution is -2.28. The lowest BCUT2D eigenvalue weighted by Gasteiger charge is -2.10. The average Bonchev–Trinajstić information content (AvgIpc) is 2.81. The van der Waals surface area contributed by atoms with E-state index in [0.29, 0.717) is 23.9 Å². The van der Waals surface area contributed by atoms with E-state index in [9.17, 15) is 9.59 Å². The van der Waals surface area contributed by atoms with Crippen LogP contribution in [0.4, 0.5) is 0 Å². The second kappa shape index (κ2) is 9.39. The van der Waals surface area contributed by atoms with Crippen LogP contribution >= 0.6 is 0 Å². The van der Waals surface area contributed by atoms with Crippen LogP contribution in [0, 0.1) is 6.92 Å². The quantitative estimate of drug-likeness (QED) is 0.274. The number of aromatic nitrogens is 1. The second-order valence-corrected chi connectivity index (χ2v) is 7.52. The summed E-state index contributed by atoms with van der Waals surface area (Å²) in [4.78, 5) is 29.2. The zero-order valence-electron chi connectivity index (χ0n) is 17.4. The number of carbonyl (C=O) groups is 2. The van der Waals surface area contributed by atoms with Crippen LogP contribution in [0.2, 0.25) is 0 Å². The van der Waals surface area contributed by atoms with Gasteiger partial charge >= 0.3 is 5.97 Å². The number of benzene rings is 3. The number of hydrogen-bond acceptors (Lipinski definition) is 4. The molecule has 0 atom stereocenters. The first-order valence-electron chi connectivity index (χ1n) is 10.4. The van der Waals surface area contributed by atoms with Crippen LogP contribution in [-0.2, 0) is 16.0 Å². The van der Waals surface area contributed by atoms with E-state index in [2.05, 4.69) is 10.3 Å². The number of esters is 1. The third kappa shape index (κ3) is 4.89. The van der Waals surface area contributed by atoms with E-state index < -0.39 is 5.97 Å². The van der Waals surface area contributed by atoms with Crippen molar-refractivity contribution < 1.29 is 14.3 Å². The predicted octanol–water partition coefficient (Wildman–Crippen LogP) is 4.60. The van der Waals surface area contributed by atoms with Gasteiger partial charge in [0.25, 0.3) is 0 Å². The van der Waals surface area contributed by atoms with Crippen molar-refractivity contribution in [3.8, 4) is 0 Å². The van der Waals surface area contributed by atoms with Crippen LogP contribution < -0.4 is 5.32 Å². The molecule has 0 saturated carbocycles. The topological polar surface area (TPSA) is 68.3 Å². The minimum Gasteiger partial charge on any atom is -0.460 e. The van der Waals surface area contributed by atoms with Crippen molar-refractivity contribution in [3.63, 3.8) is 0 Å². The van der Waals surface area contributed by atoms with Crippen molar-refractivity contribution in [3.05, 3.63) is 89.6 Å². The van der Waals surface area contributed by atoms with Gasteiger partial charge in [0.2, 0.25) is 5.91 Å². The summed E-state index contributed by atoms with van der Waals surface area (Å²) in [6, 6.07) is 21.7. The number of ether oxygens (including phenoxy) is 1. The molecule has 0 aliphatic heterocycles. The fraction of sp³-hybridized carbons (Fsp3) is 0.192. The number of hydrogen-bond donors (Lipinski definition) is 1. The lowest BCUT2D eigenvalue weighted by molar-refractivity contribution is -0.121. The van der Waals surface area contributed by atoms with Gasteiger partial charge in [-0.2, -0.15) is 0 Å². The molecule has 0 bridgehead atoms. The van der Waals surface area contributed by atoms with E-state index in [-0.39, 0.29) is 19.1 Å². The van der Waals surface area contributed by atoms with E-state index >= 15 is 0 Å². The monoisotopic (exact) mass is 412 g/mol. The average molecular weight is 412 g/mol. The molecule has 0 fully saturated rings. The molecule has 0 spiro atoms. The summed E-state index contributed by atoms with van der Waals surface area (Å²) < 4.78 is 5.42. The number of aryl methyl sites for hydroxylation is 2. The molecule has 1 heterocycles. The van der Waals surface area contributed by atoms with Crippen molar-refractivity contribution in [1.82, 2.24) is 10.3 Å². The minimum atomic E-state index is -0.441.